The van der Waals surface area contributed by atoms with Crippen LogP contribution in [-0.2, 0) is 17.8 Å². The third-order valence-electron chi connectivity index (χ3n) is 6.66. The van der Waals surface area contributed by atoms with Crippen molar-refractivity contribution >= 4 is 34.5 Å². The summed E-state index contributed by atoms with van der Waals surface area (Å²) in [6.07, 6.45) is 1.64. The number of carbonyl (C=O) groups is 1. The van der Waals surface area contributed by atoms with Crippen LogP contribution < -0.4 is 10.2 Å². The lowest BCUT2D eigenvalue weighted by molar-refractivity contribution is 0.0303. The number of imidazole rings is 1. The third kappa shape index (κ3) is 5.73. The average molecular weight is 520 g/mol. The first-order chi connectivity index (χ1) is 19.2. The van der Waals surface area contributed by atoms with Crippen LogP contribution in [0.1, 0.15) is 21.5 Å². The molecule has 3 aromatic carbocycles. The maximum atomic E-state index is 13.0. The van der Waals surface area contributed by atoms with Crippen LogP contribution in [0.2, 0.25) is 0 Å². The molecule has 0 saturated carbocycles. The smallest absolute Gasteiger partial charge is 0.254 e. The number of fused-ring (bicyclic) bond motifs is 1. The molecule has 39 heavy (non-hydrogen) atoms. The Morgan fingerprint density at radius 3 is 2.28 bits per heavy atom. The van der Waals surface area contributed by atoms with Crippen LogP contribution in [0.25, 0.3) is 11.2 Å². The van der Waals surface area contributed by atoms with Gasteiger partial charge in [-0.25, -0.2) is 4.98 Å². The first-order valence-electron chi connectivity index (χ1n) is 13.0. The molecular weight excluding hydrogens is 490 g/mol. The SMILES string of the molecule is O=C(c1cccc(Nc2nc(N(Cc3ccccc3)Cc3ccccc3)c3[nH]cnc3n2)c1)N1CCOCC1. The topological polar surface area (TPSA) is 99.3 Å². The number of aromatic nitrogens is 4. The lowest BCUT2D eigenvalue weighted by atomic mass is 10.1. The molecule has 0 spiro atoms. The minimum Gasteiger partial charge on any atom is -0.378 e. The number of hydrogen-bond donors (Lipinski definition) is 2. The fourth-order valence-electron chi connectivity index (χ4n) is 4.72. The van der Waals surface area contributed by atoms with Crippen LogP contribution in [0.4, 0.5) is 17.5 Å². The Kier molecular flexibility index (Phi) is 7.13. The summed E-state index contributed by atoms with van der Waals surface area (Å²) in [5.74, 6) is 1.14. The summed E-state index contributed by atoms with van der Waals surface area (Å²) in [7, 11) is 0. The standard InChI is InChI=1S/C30H29N7O2/c38-29(36-14-16-39-17-15-36)24-12-7-13-25(18-24)33-30-34-27-26(31-21-32-27)28(35-30)37(19-22-8-3-1-4-9-22)20-23-10-5-2-6-11-23/h1-13,18,21H,14-17,19-20H2,(H2,31,32,33,34,35). The predicted octanol–water partition coefficient (Wildman–Crippen LogP) is 4.78. The van der Waals surface area contributed by atoms with E-state index >= 15 is 0 Å². The second-order valence-corrected chi connectivity index (χ2v) is 9.41. The third-order valence-corrected chi connectivity index (χ3v) is 6.66. The highest BCUT2D eigenvalue weighted by Gasteiger charge is 2.20. The predicted molar refractivity (Wildman–Crippen MR) is 151 cm³/mol. The molecule has 2 N–H and O–H groups in total. The van der Waals surface area contributed by atoms with E-state index in [1.807, 2.05) is 65.6 Å². The Balaban J connectivity index is 1.32. The van der Waals surface area contributed by atoms with Crippen molar-refractivity contribution in [2.45, 2.75) is 13.1 Å². The van der Waals surface area contributed by atoms with Gasteiger partial charge in [0.1, 0.15) is 5.52 Å². The zero-order valence-corrected chi connectivity index (χ0v) is 21.5. The number of rotatable bonds is 8. The number of carbonyl (C=O) groups excluding carboxylic acids is 1. The number of anilines is 3. The van der Waals surface area contributed by atoms with Crippen molar-refractivity contribution in [2.24, 2.45) is 0 Å². The van der Waals surface area contributed by atoms with Crippen LogP contribution in [0.15, 0.2) is 91.3 Å². The Labute approximate surface area is 226 Å². The molecule has 1 aliphatic heterocycles. The second-order valence-electron chi connectivity index (χ2n) is 9.41. The van der Waals surface area contributed by atoms with Crippen LogP contribution in [-0.4, -0.2) is 57.0 Å². The molecule has 9 nitrogen and oxygen atoms in total. The first-order valence-corrected chi connectivity index (χ1v) is 13.0. The summed E-state index contributed by atoms with van der Waals surface area (Å²) in [6.45, 7) is 3.63. The van der Waals surface area contributed by atoms with E-state index in [4.69, 9.17) is 9.72 Å². The molecule has 0 radical (unpaired) electrons. The van der Waals surface area contributed by atoms with Gasteiger partial charge < -0.3 is 24.8 Å². The van der Waals surface area contributed by atoms with Crippen molar-refractivity contribution in [1.82, 2.24) is 24.8 Å². The van der Waals surface area contributed by atoms with Gasteiger partial charge in [-0.1, -0.05) is 66.7 Å². The highest BCUT2D eigenvalue weighted by atomic mass is 16.5. The van der Waals surface area contributed by atoms with E-state index in [-0.39, 0.29) is 5.91 Å². The van der Waals surface area contributed by atoms with Crippen LogP contribution in [0.5, 0.6) is 0 Å². The molecule has 1 amide bonds. The summed E-state index contributed by atoms with van der Waals surface area (Å²) in [4.78, 5) is 34.3. The minimum atomic E-state index is -0.0109. The molecule has 2 aromatic heterocycles. The lowest BCUT2D eigenvalue weighted by Crippen LogP contribution is -2.40. The van der Waals surface area contributed by atoms with Crippen molar-refractivity contribution in [3.8, 4) is 0 Å². The molecule has 0 aliphatic carbocycles. The number of aromatic amines is 1. The highest BCUT2D eigenvalue weighted by molar-refractivity contribution is 5.95. The fraction of sp³-hybridized carbons (Fsp3) is 0.200. The van der Waals surface area contributed by atoms with Gasteiger partial charge in [0.25, 0.3) is 5.91 Å². The van der Waals surface area contributed by atoms with E-state index in [1.54, 1.807) is 6.33 Å². The van der Waals surface area contributed by atoms with Gasteiger partial charge in [-0.3, -0.25) is 4.79 Å². The van der Waals surface area contributed by atoms with Gasteiger partial charge in [-0.15, -0.1) is 0 Å². The van der Waals surface area contributed by atoms with Gasteiger partial charge in [-0.2, -0.15) is 9.97 Å². The highest BCUT2D eigenvalue weighted by Crippen LogP contribution is 2.27. The van der Waals surface area contributed by atoms with Crippen molar-refractivity contribution in [3.05, 3.63) is 108 Å². The molecule has 9 heteroatoms. The van der Waals surface area contributed by atoms with Crippen LogP contribution in [0.3, 0.4) is 0 Å². The number of nitrogens with zero attached hydrogens (tertiary/aromatic N) is 5. The van der Waals surface area contributed by atoms with E-state index in [0.717, 1.165) is 17.0 Å². The average Bonchev–Trinajstić information content (AvgIpc) is 3.46. The minimum absolute atomic E-state index is 0.0109. The molecule has 1 fully saturated rings. The summed E-state index contributed by atoms with van der Waals surface area (Å²) in [5.41, 5.74) is 5.01. The van der Waals surface area contributed by atoms with E-state index in [9.17, 15) is 4.79 Å². The molecule has 1 saturated heterocycles. The van der Waals surface area contributed by atoms with E-state index in [0.29, 0.717) is 56.6 Å². The second kappa shape index (κ2) is 11.3. The van der Waals surface area contributed by atoms with Gasteiger partial charge in [0.2, 0.25) is 5.95 Å². The van der Waals surface area contributed by atoms with E-state index in [1.165, 1.54) is 11.1 Å². The van der Waals surface area contributed by atoms with Gasteiger partial charge in [0.15, 0.2) is 11.5 Å². The maximum absolute atomic E-state index is 13.0. The number of morpholine rings is 1. The fourth-order valence-corrected chi connectivity index (χ4v) is 4.72. The van der Waals surface area contributed by atoms with Gasteiger partial charge in [0.05, 0.1) is 19.5 Å². The first kappa shape index (κ1) is 24.6. The number of amides is 1. The molecule has 3 heterocycles. The molecule has 0 bridgehead atoms. The van der Waals surface area contributed by atoms with E-state index in [2.05, 4.69) is 49.4 Å². The van der Waals surface area contributed by atoms with Gasteiger partial charge in [-0.05, 0) is 29.3 Å². The Morgan fingerprint density at radius 1 is 0.897 bits per heavy atom. The monoisotopic (exact) mass is 519 g/mol. The number of H-pyrrole nitrogens is 1. The van der Waals surface area contributed by atoms with Crippen molar-refractivity contribution in [3.63, 3.8) is 0 Å². The maximum Gasteiger partial charge on any atom is 0.254 e. The molecule has 1 aliphatic rings. The zero-order valence-electron chi connectivity index (χ0n) is 21.5. The summed E-state index contributed by atoms with van der Waals surface area (Å²) < 4.78 is 5.39. The van der Waals surface area contributed by atoms with Crippen molar-refractivity contribution in [2.75, 3.05) is 36.5 Å². The molecule has 6 rings (SSSR count). The largest absolute Gasteiger partial charge is 0.378 e. The number of hydrogen-bond acceptors (Lipinski definition) is 7. The van der Waals surface area contributed by atoms with Crippen LogP contribution in [0, 0.1) is 0 Å². The van der Waals surface area contributed by atoms with Crippen molar-refractivity contribution < 1.29 is 9.53 Å². The molecular formula is C30H29N7O2. The Bertz CT molecular complexity index is 1510. The summed E-state index contributed by atoms with van der Waals surface area (Å²) >= 11 is 0. The Morgan fingerprint density at radius 2 is 1.59 bits per heavy atom. The van der Waals surface area contributed by atoms with Crippen LogP contribution >= 0.6 is 0 Å². The molecule has 0 atom stereocenters. The van der Waals surface area contributed by atoms with Gasteiger partial charge in [0, 0.05) is 37.4 Å². The van der Waals surface area contributed by atoms with E-state index < -0.39 is 0 Å². The summed E-state index contributed by atoms with van der Waals surface area (Å²) in [5, 5.41) is 3.31. The quantitative estimate of drug-likeness (QED) is 0.305. The Hall–Kier alpha value is -4.76. The lowest BCUT2D eigenvalue weighted by Gasteiger charge is -2.27. The van der Waals surface area contributed by atoms with Gasteiger partial charge >= 0.3 is 0 Å². The number of benzene rings is 3. The zero-order chi connectivity index (χ0) is 26.4. The number of ether oxygens (including phenoxy) is 1. The normalized spacial score (nSPS) is 13.4. The summed E-state index contributed by atoms with van der Waals surface area (Å²) in [6, 6.07) is 28.1. The number of nitrogens with one attached hydrogen (secondary N) is 2. The molecule has 196 valence electrons. The molecule has 0 unspecified atom stereocenters. The molecule has 5 aromatic rings. The van der Waals surface area contributed by atoms with Crippen molar-refractivity contribution in [1.29, 1.82) is 0 Å².